The lowest BCUT2D eigenvalue weighted by atomic mass is 9.91. The Morgan fingerprint density at radius 3 is 2.00 bits per heavy atom. The first-order valence-electron chi connectivity index (χ1n) is 6.07. The van der Waals surface area contributed by atoms with E-state index in [1.807, 2.05) is 6.92 Å². The van der Waals surface area contributed by atoms with Gasteiger partial charge >= 0.3 is 0 Å². The lowest BCUT2D eigenvalue weighted by Crippen LogP contribution is -2.21. The van der Waals surface area contributed by atoms with Crippen molar-refractivity contribution >= 4 is 0 Å². The van der Waals surface area contributed by atoms with Crippen LogP contribution in [0.4, 0.5) is 0 Å². The van der Waals surface area contributed by atoms with E-state index >= 15 is 0 Å². The van der Waals surface area contributed by atoms with Crippen LogP contribution in [-0.4, -0.2) is 21.3 Å². The van der Waals surface area contributed by atoms with Crippen LogP contribution in [-0.2, 0) is 0 Å². The van der Waals surface area contributed by atoms with Crippen molar-refractivity contribution in [3.63, 3.8) is 0 Å². The molecule has 0 saturated carbocycles. The second-order valence-corrected chi connectivity index (χ2v) is 4.12. The van der Waals surface area contributed by atoms with Crippen molar-refractivity contribution in [2.75, 3.05) is 21.3 Å². The number of methoxy groups -OCH3 is 3. The van der Waals surface area contributed by atoms with Crippen LogP contribution in [0.5, 0.6) is 17.2 Å². The molecule has 0 aliphatic rings. The molecule has 19 heavy (non-hydrogen) atoms. The van der Waals surface area contributed by atoms with Gasteiger partial charge in [-0.2, -0.15) is 5.26 Å². The van der Waals surface area contributed by atoms with Gasteiger partial charge < -0.3 is 19.9 Å². The minimum absolute atomic E-state index is 0.295. The number of hydrogen-bond acceptors (Lipinski definition) is 5. The molecule has 1 aromatic rings. The Kier molecular flexibility index (Phi) is 5.46. The van der Waals surface area contributed by atoms with Crippen LogP contribution in [0.15, 0.2) is 12.1 Å². The van der Waals surface area contributed by atoms with Gasteiger partial charge in [0.2, 0.25) is 0 Å². The van der Waals surface area contributed by atoms with Gasteiger partial charge in [-0.25, -0.2) is 0 Å². The summed E-state index contributed by atoms with van der Waals surface area (Å²) in [6, 6.07) is 5.22. The summed E-state index contributed by atoms with van der Waals surface area (Å²) in [6.07, 6.45) is 0.663. The second kappa shape index (κ2) is 6.86. The summed E-state index contributed by atoms with van der Waals surface area (Å²) < 4.78 is 15.9. The topological polar surface area (TPSA) is 77.5 Å². The van der Waals surface area contributed by atoms with Crippen LogP contribution in [0.1, 0.15) is 24.9 Å². The van der Waals surface area contributed by atoms with E-state index in [1.165, 1.54) is 0 Å². The van der Waals surface area contributed by atoms with E-state index in [0.717, 1.165) is 0 Å². The molecule has 1 rings (SSSR count). The third kappa shape index (κ3) is 3.09. The van der Waals surface area contributed by atoms with Crippen LogP contribution in [0, 0.1) is 17.2 Å². The molecular weight excluding hydrogens is 244 g/mol. The van der Waals surface area contributed by atoms with Crippen molar-refractivity contribution in [2.45, 2.75) is 19.4 Å². The lowest BCUT2D eigenvalue weighted by Gasteiger charge is -2.22. The quantitative estimate of drug-likeness (QED) is 0.852. The number of hydrogen-bond donors (Lipinski definition) is 1. The Morgan fingerprint density at radius 1 is 1.16 bits per heavy atom. The van der Waals surface area contributed by atoms with Crippen LogP contribution in [0.2, 0.25) is 0 Å². The van der Waals surface area contributed by atoms with E-state index in [2.05, 4.69) is 6.07 Å². The highest BCUT2D eigenvalue weighted by atomic mass is 16.5. The maximum absolute atomic E-state index is 9.15. The summed E-state index contributed by atoms with van der Waals surface area (Å²) in [4.78, 5) is 0. The zero-order valence-corrected chi connectivity index (χ0v) is 11.8. The predicted octanol–water partition coefficient (Wildman–Crippen LogP) is 2.26. The van der Waals surface area contributed by atoms with Crippen molar-refractivity contribution in [3.8, 4) is 23.3 Å². The van der Waals surface area contributed by atoms with E-state index in [9.17, 15) is 0 Å². The fourth-order valence-corrected chi connectivity index (χ4v) is 1.99. The molecule has 0 aliphatic heterocycles. The van der Waals surface area contributed by atoms with E-state index in [0.29, 0.717) is 29.2 Å². The molecule has 0 spiro atoms. The van der Waals surface area contributed by atoms with Crippen LogP contribution in [0.25, 0.3) is 0 Å². The van der Waals surface area contributed by atoms with Gasteiger partial charge in [0.25, 0.3) is 0 Å². The lowest BCUT2D eigenvalue weighted by molar-refractivity contribution is 0.356. The Labute approximate surface area is 113 Å². The Balaban J connectivity index is 3.35. The fraction of sp³-hybridized carbons (Fsp3) is 0.500. The molecule has 0 fully saturated rings. The Hall–Kier alpha value is -1.93. The number of nitrogens with two attached hydrogens (primary N) is 1. The van der Waals surface area contributed by atoms with Gasteiger partial charge in [0.05, 0.1) is 44.9 Å². The summed E-state index contributed by atoms with van der Waals surface area (Å²) in [5.74, 6) is 1.46. The SMILES string of the molecule is CCC(C#N)C(N)c1c(OC)cc(OC)cc1OC. The van der Waals surface area contributed by atoms with Crippen LogP contribution < -0.4 is 19.9 Å². The van der Waals surface area contributed by atoms with Crippen molar-refractivity contribution in [1.82, 2.24) is 0 Å². The standard InChI is InChI=1S/C14H20N2O3/c1-5-9(8-15)14(16)13-11(18-3)6-10(17-2)7-12(13)19-4/h6-7,9,14H,5,16H2,1-4H3. The monoisotopic (exact) mass is 264 g/mol. The first-order valence-corrected chi connectivity index (χ1v) is 6.07. The van der Waals surface area contributed by atoms with Gasteiger partial charge in [-0.3, -0.25) is 0 Å². The smallest absolute Gasteiger partial charge is 0.131 e. The predicted molar refractivity (Wildman–Crippen MR) is 72.4 cm³/mol. The van der Waals surface area contributed by atoms with Crippen molar-refractivity contribution in [2.24, 2.45) is 11.7 Å². The minimum atomic E-state index is -0.467. The molecule has 0 radical (unpaired) electrons. The van der Waals surface area contributed by atoms with E-state index in [4.69, 9.17) is 25.2 Å². The molecule has 0 amide bonds. The molecule has 104 valence electrons. The highest BCUT2D eigenvalue weighted by molar-refractivity contribution is 5.52. The van der Waals surface area contributed by atoms with Crippen LogP contribution >= 0.6 is 0 Å². The summed E-state index contributed by atoms with van der Waals surface area (Å²) in [6.45, 7) is 1.93. The van der Waals surface area contributed by atoms with Crippen molar-refractivity contribution < 1.29 is 14.2 Å². The van der Waals surface area contributed by atoms with Gasteiger partial charge in [-0.1, -0.05) is 6.92 Å². The first kappa shape index (κ1) is 15.1. The van der Waals surface area contributed by atoms with Crippen molar-refractivity contribution in [1.29, 1.82) is 5.26 Å². The average Bonchev–Trinajstić information content (AvgIpc) is 2.46. The highest BCUT2D eigenvalue weighted by Gasteiger charge is 2.25. The summed E-state index contributed by atoms with van der Waals surface area (Å²) in [5.41, 5.74) is 6.87. The summed E-state index contributed by atoms with van der Waals surface area (Å²) in [7, 11) is 4.67. The Morgan fingerprint density at radius 2 is 1.68 bits per heavy atom. The molecule has 0 saturated heterocycles. The fourth-order valence-electron chi connectivity index (χ4n) is 1.99. The van der Waals surface area contributed by atoms with E-state index in [1.54, 1.807) is 33.5 Å². The van der Waals surface area contributed by atoms with Crippen molar-refractivity contribution in [3.05, 3.63) is 17.7 Å². The zero-order valence-electron chi connectivity index (χ0n) is 11.8. The molecule has 2 N–H and O–H groups in total. The number of rotatable bonds is 6. The molecule has 2 atom stereocenters. The molecule has 5 heteroatoms. The zero-order chi connectivity index (χ0) is 14.4. The average molecular weight is 264 g/mol. The molecule has 5 nitrogen and oxygen atoms in total. The van der Waals surface area contributed by atoms with Gasteiger partial charge in [0.1, 0.15) is 17.2 Å². The Bertz CT molecular complexity index is 443. The molecule has 1 aromatic carbocycles. The molecule has 2 unspecified atom stereocenters. The van der Waals surface area contributed by atoms with E-state index in [-0.39, 0.29) is 5.92 Å². The maximum atomic E-state index is 9.15. The molecule has 0 aromatic heterocycles. The molecule has 0 aliphatic carbocycles. The molecule has 0 bridgehead atoms. The van der Waals surface area contributed by atoms with Gasteiger partial charge in [-0.05, 0) is 6.42 Å². The summed E-state index contributed by atoms with van der Waals surface area (Å²) in [5, 5.41) is 9.15. The first-order chi connectivity index (χ1) is 9.12. The number of nitriles is 1. The minimum Gasteiger partial charge on any atom is -0.496 e. The maximum Gasteiger partial charge on any atom is 0.131 e. The third-order valence-electron chi connectivity index (χ3n) is 3.13. The number of ether oxygens (including phenoxy) is 3. The highest BCUT2D eigenvalue weighted by Crippen LogP contribution is 2.40. The largest absolute Gasteiger partial charge is 0.496 e. The van der Waals surface area contributed by atoms with Crippen LogP contribution in [0.3, 0.4) is 0 Å². The van der Waals surface area contributed by atoms with Gasteiger partial charge in [-0.15, -0.1) is 0 Å². The van der Waals surface area contributed by atoms with E-state index < -0.39 is 6.04 Å². The second-order valence-electron chi connectivity index (χ2n) is 4.12. The number of benzene rings is 1. The van der Waals surface area contributed by atoms with Gasteiger partial charge in [0, 0.05) is 12.1 Å². The summed E-state index contributed by atoms with van der Waals surface area (Å²) >= 11 is 0. The van der Waals surface area contributed by atoms with Gasteiger partial charge in [0.15, 0.2) is 0 Å². The third-order valence-corrected chi connectivity index (χ3v) is 3.13. The molecular formula is C14H20N2O3. The number of nitrogens with zero attached hydrogens (tertiary/aromatic N) is 1. The molecule has 0 heterocycles. The normalized spacial score (nSPS) is 13.3.